The fourth-order valence-corrected chi connectivity index (χ4v) is 3.75. The summed E-state index contributed by atoms with van der Waals surface area (Å²) >= 11 is 9.27. The molecule has 1 amide bonds. The Bertz CT molecular complexity index is 885. The first-order valence-electron chi connectivity index (χ1n) is 8.22. The molecule has 1 heterocycles. The Labute approximate surface area is 169 Å². The van der Waals surface area contributed by atoms with Gasteiger partial charge in [0, 0.05) is 42.8 Å². The quantitative estimate of drug-likeness (QED) is 0.516. The first-order chi connectivity index (χ1) is 12.9. The van der Waals surface area contributed by atoms with Gasteiger partial charge >= 0.3 is 0 Å². The predicted molar refractivity (Wildman–Crippen MR) is 107 cm³/mol. The second-order valence-corrected chi connectivity index (χ2v) is 7.31. The summed E-state index contributed by atoms with van der Waals surface area (Å²) in [5.74, 6) is 0.579. The molecule has 0 atom stereocenters. The van der Waals surface area contributed by atoms with E-state index >= 15 is 0 Å². The number of carbonyl (C=O) groups excluding carboxylic acids is 1. The molecule has 1 aliphatic rings. The summed E-state index contributed by atoms with van der Waals surface area (Å²) in [5.41, 5.74) is 1.05. The number of anilines is 1. The third-order valence-corrected chi connectivity index (χ3v) is 5.30. The number of amides is 1. The number of hydrogen-bond acceptors (Lipinski definition) is 5. The van der Waals surface area contributed by atoms with Gasteiger partial charge in [0.2, 0.25) is 0 Å². The highest BCUT2D eigenvalue weighted by molar-refractivity contribution is 9.10. The summed E-state index contributed by atoms with van der Waals surface area (Å²) < 4.78 is 5.90. The molecule has 0 bridgehead atoms. The van der Waals surface area contributed by atoms with Gasteiger partial charge in [-0.2, -0.15) is 0 Å². The molecule has 9 heteroatoms. The number of carbonyl (C=O) groups is 1. The molecule has 1 fully saturated rings. The summed E-state index contributed by atoms with van der Waals surface area (Å²) in [5, 5.41) is 11.6. The lowest BCUT2D eigenvalue weighted by Crippen LogP contribution is -2.49. The first kappa shape index (κ1) is 19.4. The van der Waals surface area contributed by atoms with Crippen LogP contribution in [0, 0.1) is 10.1 Å². The molecule has 0 aliphatic carbocycles. The van der Waals surface area contributed by atoms with Gasteiger partial charge in [0.25, 0.3) is 11.6 Å². The summed E-state index contributed by atoms with van der Waals surface area (Å²) in [6.07, 6.45) is 0. The normalized spacial score (nSPS) is 14.2. The molecule has 0 spiro atoms. The van der Waals surface area contributed by atoms with Crippen LogP contribution in [0.1, 0.15) is 10.4 Å². The highest BCUT2D eigenvalue weighted by Crippen LogP contribution is 2.32. The van der Waals surface area contributed by atoms with Gasteiger partial charge in [0.15, 0.2) is 0 Å². The summed E-state index contributed by atoms with van der Waals surface area (Å²) in [7, 11) is 1.57. The van der Waals surface area contributed by atoms with E-state index in [-0.39, 0.29) is 11.6 Å². The molecule has 0 aromatic heterocycles. The third kappa shape index (κ3) is 4.17. The third-order valence-electron chi connectivity index (χ3n) is 4.44. The molecule has 1 aliphatic heterocycles. The first-order valence-corrected chi connectivity index (χ1v) is 9.39. The number of nitrogens with zero attached hydrogens (tertiary/aromatic N) is 3. The monoisotopic (exact) mass is 453 g/mol. The van der Waals surface area contributed by atoms with Crippen molar-refractivity contribution in [3.05, 3.63) is 61.6 Å². The van der Waals surface area contributed by atoms with Crippen LogP contribution >= 0.6 is 27.5 Å². The number of ether oxygens (including phenoxy) is 1. The van der Waals surface area contributed by atoms with E-state index in [1.807, 2.05) is 4.90 Å². The lowest BCUT2D eigenvalue weighted by molar-refractivity contribution is -0.384. The van der Waals surface area contributed by atoms with E-state index in [2.05, 4.69) is 15.9 Å². The number of nitro groups is 1. The van der Waals surface area contributed by atoms with Crippen LogP contribution in [0.25, 0.3) is 0 Å². The minimum Gasteiger partial charge on any atom is -0.496 e. The summed E-state index contributed by atoms with van der Waals surface area (Å²) in [6, 6.07) is 9.84. The maximum absolute atomic E-state index is 12.7. The van der Waals surface area contributed by atoms with Crippen LogP contribution < -0.4 is 9.64 Å². The van der Waals surface area contributed by atoms with Crippen LogP contribution in [0.4, 0.5) is 11.4 Å². The molecular weight excluding hydrogens is 438 g/mol. The lowest BCUT2D eigenvalue weighted by atomic mass is 10.1. The molecule has 142 valence electrons. The van der Waals surface area contributed by atoms with Gasteiger partial charge < -0.3 is 14.5 Å². The van der Waals surface area contributed by atoms with Gasteiger partial charge in [-0.1, -0.05) is 11.6 Å². The maximum atomic E-state index is 12.7. The summed E-state index contributed by atoms with van der Waals surface area (Å²) in [4.78, 5) is 27.2. The van der Waals surface area contributed by atoms with Crippen LogP contribution in [-0.4, -0.2) is 49.0 Å². The fraction of sp³-hybridized carbons (Fsp3) is 0.278. The predicted octanol–water partition coefficient (Wildman–Crippen LogP) is 3.98. The largest absolute Gasteiger partial charge is 0.496 e. The molecule has 27 heavy (non-hydrogen) atoms. The lowest BCUT2D eigenvalue weighted by Gasteiger charge is -2.35. The highest BCUT2D eigenvalue weighted by Gasteiger charge is 2.26. The van der Waals surface area contributed by atoms with Gasteiger partial charge in [-0.15, -0.1) is 0 Å². The van der Waals surface area contributed by atoms with Gasteiger partial charge in [-0.3, -0.25) is 14.9 Å². The maximum Gasteiger partial charge on any atom is 0.294 e. The number of halogens is 2. The second kappa shape index (κ2) is 8.14. The van der Waals surface area contributed by atoms with E-state index in [4.69, 9.17) is 16.3 Å². The van der Waals surface area contributed by atoms with Gasteiger partial charge in [0.05, 0.1) is 16.5 Å². The van der Waals surface area contributed by atoms with Crippen molar-refractivity contribution in [3.8, 4) is 5.75 Å². The minimum absolute atomic E-state index is 0.0265. The average Bonchev–Trinajstić information content (AvgIpc) is 2.67. The highest BCUT2D eigenvalue weighted by atomic mass is 79.9. The molecule has 0 N–H and O–H groups in total. The smallest absolute Gasteiger partial charge is 0.294 e. The standard InChI is InChI=1S/C18H17BrClN3O4/c1-27-17-5-2-12(10-14(17)19)18(24)22-8-6-21(7-9-22)15-4-3-13(20)11-16(15)23(25)26/h2-5,10-11H,6-9H2,1H3. The Balaban J connectivity index is 1.71. The van der Waals surface area contributed by atoms with E-state index in [0.717, 1.165) is 0 Å². The van der Waals surface area contributed by atoms with Crippen LogP contribution in [0.15, 0.2) is 40.9 Å². The Hall–Kier alpha value is -2.32. The van der Waals surface area contributed by atoms with Gasteiger partial charge in [-0.25, -0.2) is 0 Å². The number of methoxy groups -OCH3 is 1. The Morgan fingerprint density at radius 2 is 1.89 bits per heavy atom. The minimum atomic E-state index is -0.437. The molecule has 0 unspecified atom stereocenters. The van der Waals surface area contributed by atoms with Crippen LogP contribution in [0.3, 0.4) is 0 Å². The van der Waals surface area contributed by atoms with E-state index < -0.39 is 4.92 Å². The number of benzene rings is 2. The fourth-order valence-electron chi connectivity index (χ4n) is 3.04. The van der Waals surface area contributed by atoms with Crippen LogP contribution in [0.2, 0.25) is 5.02 Å². The summed E-state index contributed by atoms with van der Waals surface area (Å²) in [6.45, 7) is 1.96. The van der Waals surface area contributed by atoms with Crippen molar-refractivity contribution in [3.63, 3.8) is 0 Å². The van der Waals surface area contributed by atoms with E-state index in [9.17, 15) is 14.9 Å². The molecule has 0 saturated carbocycles. The van der Waals surface area contributed by atoms with Gasteiger partial charge in [-0.05, 0) is 46.3 Å². The van der Waals surface area contributed by atoms with Crippen molar-refractivity contribution in [2.24, 2.45) is 0 Å². The molecule has 7 nitrogen and oxygen atoms in total. The second-order valence-electron chi connectivity index (χ2n) is 6.02. The number of piperazine rings is 1. The molecule has 0 radical (unpaired) electrons. The number of hydrogen-bond donors (Lipinski definition) is 0. The van der Waals surface area contributed by atoms with E-state index in [1.54, 1.807) is 42.3 Å². The van der Waals surface area contributed by atoms with E-state index in [1.165, 1.54) is 6.07 Å². The zero-order valence-corrected chi connectivity index (χ0v) is 16.9. The van der Waals surface area contributed by atoms with Gasteiger partial charge in [0.1, 0.15) is 11.4 Å². The average molecular weight is 455 g/mol. The molecular formula is C18H17BrClN3O4. The molecule has 2 aromatic rings. The number of rotatable bonds is 4. The zero-order valence-electron chi connectivity index (χ0n) is 14.5. The Kier molecular flexibility index (Phi) is 5.86. The van der Waals surface area contributed by atoms with Crippen LogP contribution in [0.5, 0.6) is 5.75 Å². The van der Waals surface area contributed by atoms with Crippen molar-refractivity contribution in [1.29, 1.82) is 0 Å². The molecule has 2 aromatic carbocycles. The van der Waals surface area contributed by atoms with Crippen molar-refractivity contribution >= 4 is 44.8 Å². The van der Waals surface area contributed by atoms with Crippen molar-refractivity contribution in [1.82, 2.24) is 4.90 Å². The topological polar surface area (TPSA) is 75.9 Å². The molecule has 1 saturated heterocycles. The van der Waals surface area contributed by atoms with Crippen molar-refractivity contribution < 1.29 is 14.5 Å². The number of nitro benzene ring substituents is 1. The van der Waals surface area contributed by atoms with E-state index in [0.29, 0.717) is 52.7 Å². The Morgan fingerprint density at radius 1 is 1.19 bits per heavy atom. The Morgan fingerprint density at radius 3 is 2.48 bits per heavy atom. The SMILES string of the molecule is COc1ccc(C(=O)N2CCN(c3ccc(Cl)cc3[N+](=O)[O-])CC2)cc1Br. The van der Waals surface area contributed by atoms with Crippen molar-refractivity contribution in [2.75, 3.05) is 38.2 Å². The van der Waals surface area contributed by atoms with Crippen LogP contribution in [-0.2, 0) is 0 Å². The molecule has 3 rings (SSSR count). The van der Waals surface area contributed by atoms with Crippen molar-refractivity contribution in [2.45, 2.75) is 0 Å². The zero-order chi connectivity index (χ0) is 19.6.